The molecule has 280 valence electrons. The lowest BCUT2D eigenvalue weighted by Gasteiger charge is -2.26. The fourth-order valence-electron chi connectivity index (χ4n) is 8.92. The first kappa shape index (κ1) is 36.7. The molecule has 0 radical (unpaired) electrons. The van der Waals surface area contributed by atoms with Gasteiger partial charge in [0.15, 0.2) is 0 Å². The Morgan fingerprint density at radius 2 is 1.07 bits per heavy atom. The lowest BCUT2D eigenvalue weighted by molar-refractivity contribution is 0.666. The molecule has 1 heteroatoms. The summed E-state index contributed by atoms with van der Waals surface area (Å²) in [6.07, 6.45) is 26.1. The van der Waals surface area contributed by atoms with Gasteiger partial charge in [0.05, 0.1) is 0 Å². The van der Waals surface area contributed by atoms with Crippen molar-refractivity contribution in [1.82, 2.24) is 0 Å². The predicted molar refractivity (Wildman–Crippen MR) is 253 cm³/mol. The van der Waals surface area contributed by atoms with Crippen molar-refractivity contribution in [1.29, 1.82) is 0 Å². The van der Waals surface area contributed by atoms with Crippen LogP contribution >= 0.6 is 0 Å². The standard InChI is InChI=1S/C57H47N/c1-4-5-6-7-8-9-10-11-12-13-14-17-24-41-33-38-48-52(39-41)57(2,3)56-50-32-23-30-47-51(40-43-25-22-31-49(55(48)56)53(43)54(47)50)42-34-36-46(37-35-42)58(44-26-18-15-19-27-44)45-28-20-16-21-29-45/h5-40H,4H2,1-3H3/b6-5+,8-7-,10-9-,12-11+,14-13-,24-17-. The second kappa shape index (κ2) is 15.9. The number of nitrogens with zero attached hydrogens (tertiary/aromatic N) is 1. The maximum absolute atomic E-state index is 2.41. The SMILES string of the molecule is CC/C=C/C=C\C=C/C=C/C=C\C=C/c1ccc2c(c1)C(C)(C)c1c-2c2cccc3cc(-c4ccc(N(c5ccccc5)c5ccccc5)cc4)c4cccc1c4c32. The van der Waals surface area contributed by atoms with Crippen molar-refractivity contribution in [3.8, 4) is 22.3 Å². The molecule has 0 saturated carbocycles. The van der Waals surface area contributed by atoms with Gasteiger partial charge in [-0.3, -0.25) is 0 Å². The molecule has 9 rings (SSSR count). The summed E-state index contributed by atoms with van der Waals surface area (Å²) in [6.45, 7) is 6.96. The summed E-state index contributed by atoms with van der Waals surface area (Å²) in [5.41, 5.74) is 12.5. The summed E-state index contributed by atoms with van der Waals surface area (Å²) < 4.78 is 0. The molecule has 0 aromatic heterocycles. The van der Waals surface area contributed by atoms with E-state index in [4.69, 9.17) is 0 Å². The minimum Gasteiger partial charge on any atom is -0.311 e. The van der Waals surface area contributed by atoms with Gasteiger partial charge in [-0.2, -0.15) is 0 Å². The van der Waals surface area contributed by atoms with E-state index in [2.05, 4.69) is 226 Å². The van der Waals surface area contributed by atoms with Crippen molar-refractivity contribution in [2.75, 3.05) is 4.90 Å². The summed E-state index contributed by atoms with van der Waals surface area (Å²) in [7, 11) is 0. The minimum absolute atomic E-state index is 0.176. The van der Waals surface area contributed by atoms with E-state index in [1.165, 1.54) is 71.3 Å². The van der Waals surface area contributed by atoms with E-state index < -0.39 is 0 Å². The van der Waals surface area contributed by atoms with Crippen LogP contribution in [-0.2, 0) is 5.41 Å². The normalized spacial score (nSPS) is 13.9. The van der Waals surface area contributed by atoms with Crippen molar-refractivity contribution in [2.45, 2.75) is 32.6 Å². The monoisotopic (exact) mass is 745 g/mol. The first-order chi connectivity index (χ1) is 28.5. The quantitative estimate of drug-likeness (QED) is 0.0941. The zero-order chi connectivity index (χ0) is 39.5. The Hall–Kier alpha value is -6.96. The molecule has 0 spiro atoms. The highest BCUT2D eigenvalue weighted by atomic mass is 15.1. The molecule has 0 fully saturated rings. The highest BCUT2D eigenvalue weighted by Gasteiger charge is 2.39. The van der Waals surface area contributed by atoms with E-state index in [-0.39, 0.29) is 5.41 Å². The molecule has 58 heavy (non-hydrogen) atoms. The minimum atomic E-state index is -0.176. The average Bonchev–Trinajstić information content (AvgIpc) is 3.50. The molecule has 0 heterocycles. The maximum Gasteiger partial charge on any atom is 0.0462 e. The Morgan fingerprint density at radius 3 is 1.74 bits per heavy atom. The zero-order valence-electron chi connectivity index (χ0n) is 33.4. The van der Waals surface area contributed by atoms with Crippen LogP contribution in [0, 0.1) is 0 Å². The van der Waals surface area contributed by atoms with E-state index >= 15 is 0 Å². The molecule has 8 aromatic rings. The molecule has 0 N–H and O–H groups in total. The van der Waals surface area contributed by atoms with E-state index in [9.17, 15) is 0 Å². The third-order valence-electron chi connectivity index (χ3n) is 11.5. The van der Waals surface area contributed by atoms with Gasteiger partial charge in [0.1, 0.15) is 0 Å². The third-order valence-corrected chi connectivity index (χ3v) is 11.5. The van der Waals surface area contributed by atoms with E-state index in [1.807, 2.05) is 18.2 Å². The summed E-state index contributed by atoms with van der Waals surface area (Å²) >= 11 is 0. The van der Waals surface area contributed by atoms with Crippen LogP contribution in [0.1, 0.15) is 43.9 Å². The number of para-hydroxylation sites is 2. The highest BCUT2D eigenvalue weighted by molar-refractivity contribution is 6.31. The second-order valence-corrected chi connectivity index (χ2v) is 15.5. The molecule has 0 aliphatic heterocycles. The van der Waals surface area contributed by atoms with Crippen LogP contribution in [-0.4, -0.2) is 0 Å². The lowest BCUT2D eigenvalue weighted by atomic mass is 9.77. The van der Waals surface area contributed by atoms with Gasteiger partial charge in [-0.05, 0) is 120 Å². The van der Waals surface area contributed by atoms with Gasteiger partial charge in [-0.25, -0.2) is 0 Å². The lowest BCUT2D eigenvalue weighted by Crippen LogP contribution is -2.16. The Kier molecular flexibility index (Phi) is 10.0. The molecule has 1 nitrogen and oxygen atoms in total. The smallest absolute Gasteiger partial charge is 0.0462 e. The molecule has 0 atom stereocenters. The summed E-state index contributed by atoms with van der Waals surface area (Å²) in [6, 6.07) is 53.6. The van der Waals surface area contributed by atoms with Crippen LogP contribution in [0.5, 0.6) is 0 Å². The Morgan fingerprint density at radius 1 is 0.483 bits per heavy atom. The van der Waals surface area contributed by atoms with Crippen LogP contribution in [0.15, 0.2) is 212 Å². The largest absolute Gasteiger partial charge is 0.311 e. The molecule has 0 saturated heterocycles. The van der Waals surface area contributed by atoms with Crippen LogP contribution in [0.3, 0.4) is 0 Å². The van der Waals surface area contributed by atoms with Gasteiger partial charge < -0.3 is 4.90 Å². The fraction of sp³-hybridized carbons (Fsp3) is 0.0877. The highest BCUT2D eigenvalue weighted by Crippen LogP contribution is 2.56. The number of fused-ring (bicyclic) bond motifs is 5. The summed E-state index contributed by atoms with van der Waals surface area (Å²) in [5, 5.41) is 7.99. The molecule has 0 unspecified atom stereocenters. The number of hydrogen-bond donors (Lipinski definition) is 0. The first-order valence-electron chi connectivity index (χ1n) is 20.4. The number of benzene rings is 8. The van der Waals surface area contributed by atoms with E-state index in [0.717, 1.165) is 23.5 Å². The Bertz CT molecular complexity index is 2880. The molecule has 0 bridgehead atoms. The van der Waals surface area contributed by atoms with Crippen molar-refractivity contribution in [2.24, 2.45) is 0 Å². The van der Waals surface area contributed by atoms with Gasteiger partial charge in [0.25, 0.3) is 0 Å². The van der Waals surface area contributed by atoms with Gasteiger partial charge in [0, 0.05) is 22.5 Å². The van der Waals surface area contributed by atoms with Crippen molar-refractivity contribution < 1.29 is 0 Å². The maximum atomic E-state index is 2.41. The zero-order valence-corrected chi connectivity index (χ0v) is 33.4. The van der Waals surface area contributed by atoms with Gasteiger partial charge in [0.2, 0.25) is 0 Å². The van der Waals surface area contributed by atoms with Crippen molar-refractivity contribution >= 4 is 55.5 Å². The Labute approximate surface area is 343 Å². The third kappa shape index (κ3) is 6.69. The topological polar surface area (TPSA) is 3.24 Å². The Balaban J connectivity index is 1.07. The second-order valence-electron chi connectivity index (χ2n) is 15.5. The molecule has 1 aliphatic carbocycles. The fourth-order valence-corrected chi connectivity index (χ4v) is 8.92. The van der Waals surface area contributed by atoms with Crippen LogP contribution in [0.4, 0.5) is 17.1 Å². The summed E-state index contributed by atoms with van der Waals surface area (Å²) in [4.78, 5) is 2.32. The molecular weight excluding hydrogens is 699 g/mol. The van der Waals surface area contributed by atoms with Crippen LogP contribution < -0.4 is 4.90 Å². The van der Waals surface area contributed by atoms with E-state index in [0.29, 0.717) is 0 Å². The van der Waals surface area contributed by atoms with Crippen molar-refractivity contribution in [3.05, 3.63) is 229 Å². The molecule has 8 aromatic carbocycles. The summed E-state index contributed by atoms with van der Waals surface area (Å²) in [5.74, 6) is 0. The number of rotatable bonds is 11. The van der Waals surface area contributed by atoms with Crippen molar-refractivity contribution in [3.63, 3.8) is 0 Å². The average molecular weight is 746 g/mol. The van der Waals surface area contributed by atoms with Crippen LogP contribution in [0.2, 0.25) is 0 Å². The van der Waals surface area contributed by atoms with E-state index in [1.54, 1.807) is 0 Å². The van der Waals surface area contributed by atoms with Crippen LogP contribution in [0.25, 0.3) is 60.6 Å². The number of allylic oxidation sites excluding steroid dienone is 11. The van der Waals surface area contributed by atoms with Gasteiger partial charge in [-0.15, -0.1) is 0 Å². The number of hydrogen-bond acceptors (Lipinski definition) is 1. The molecular formula is C57H47N. The number of anilines is 3. The van der Waals surface area contributed by atoms with Gasteiger partial charge >= 0.3 is 0 Å². The molecule has 1 aliphatic rings. The van der Waals surface area contributed by atoms with Gasteiger partial charge in [-0.1, -0.05) is 197 Å². The molecule has 0 amide bonds. The first-order valence-corrected chi connectivity index (χ1v) is 20.4. The predicted octanol–water partition coefficient (Wildman–Crippen LogP) is 16.2.